The molecule has 0 amide bonds. The summed E-state index contributed by atoms with van der Waals surface area (Å²) in [6.07, 6.45) is 2.52. The standard InChI is InChI=1S/C15H22ClFN2/c1-2-18-9-12-4-3-7-19(10-12)11-13-5-6-14(17)8-15(13)16/h5-6,8,12,18H,2-4,7,9-11H2,1H3. The number of likely N-dealkylation sites (tertiary alicyclic amines) is 1. The summed E-state index contributed by atoms with van der Waals surface area (Å²) in [5.74, 6) is 0.449. The first-order valence-electron chi connectivity index (χ1n) is 7.06. The minimum absolute atomic E-state index is 0.266. The largest absolute Gasteiger partial charge is 0.317 e. The molecule has 0 bridgehead atoms. The molecule has 1 unspecified atom stereocenters. The molecule has 4 heteroatoms. The van der Waals surface area contributed by atoms with Crippen LogP contribution in [0.2, 0.25) is 5.02 Å². The highest BCUT2D eigenvalue weighted by atomic mass is 35.5. The number of nitrogens with one attached hydrogen (secondary N) is 1. The second-order valence-electron chi connectivity index (χ2n) is 5.29. The van der Waals surface area contributed by atoms with Crippen LogP contribution in [0.15, 0.2) is 18.2 Å². The Hall–Kier alpha value is -0.640. The van der Waals surface area contributed by atoms with E-state index in [2.05, 4.69) is 17.1 Å². The van der Waals surface area contributed by atoms with Gasteiger partial charge in [-0.15, -0.1) is 0 Å². The molecular weight excluding hydrogens is 263 g/mol. The van der Waals surface area contributed by atoms with E-state index in [0.29, 0.717) is 10.9 Å². The molecule has 0 aromatic heterocycles. The van der Waals surface area contributed by atoms with Crippen LogP contribution in [0.25, 0.3) is 0 Å². The van der Waals surface area contributed by atoms with E-state index in [0.717, 1.165) is 38.3 Å². The first kappa shape index (κ1) is 14.8. The Morgan fingerprint density at radius 1 is 1.47 bits per heavy atom. The monoisotopic (exact) mass is 284 g/mol. The first-order chi connectivity index (χ1) is 9.19. The van der Waals surface area contributed by atoms with Crippen molar-refractivity contribution in [1.29, 1.82) is 0 Å². The van der Waals surface area contributed by atoms with Crippen LogP contribution >= 0.6 is 11.6 Å². The third-order valence-corrected chi connectivity index (χ3v) is 4.05. The fraction of sp³-hybridized carbons (Fsp3) is 0.600. The van der Waals surface area contributed by atoms with Gasteiger partial charge in [0.1, 0.15) is 5.82 Å². The lowest BCUT2D eigenvalue weighted by molar-refractivity contribution is 0.166. The van der Waals surface area contributed by atoms with Crippen molar-refractivity contribution in [1.82, 2.24) is 10.2 Å². The molecule has 1 aromatic rings. The highest BCUT2D eigenvalue weighted by Gasteiger charge is 2.20. The second kappa shape index (κ2) is 7.22. The van der Waals surface area contributed by atoms with Gasteiger partial charge in [-0.05, 0) is 56.1 Å². The lowest BCUT2D eigenvalue weighted by Crippen LogP contribution is -2.39. The van der Waals surface area contributed by atoms with Crippen LogP contribution in [0.5, 0.6) is 0 Å². The molecule has 1 heterocycles. The van der Waals surface area contributed by atoms with Crippen LogP contribution in [0.4, 0.5) is 4.39 Å². The van der Waals surface area contributed by atoms with Crippen molar-refractivity contribution in [2.75, 3.05) is 26.2 Å². The zero-order chi connectivity index (χ0) is 13.7. The molecule has 1 aliphatic heterocycles. The van der Waals surface area contributed by atoms with Gasteiger partial charge in [-0.25, -0.2) is 4.39 Å². The lowest BCUT2D eigenvalue weighted by Gasteiger charge is -2.33. The van der Waals surface area contributed by atoms with Gasteiger partial charge in [0, 0.05) is 18.1 Å². The maximum absolute atomic E-state index is 13.0. The Labute approximate surface area is 119 Å². The van der Waals surface area contributed by atoms with E-state index in [1.54, 1.807) is 6.07 Å². The average Bonchev–Trinajstić information content (AvgIpc) is 2.40. The summed E-state index contributed by atoms with van der Waals surface area (Å²) in [6, 6.07) is 4.68. The predicted octanol–water partition coefficient (Wildman–Crippen LogP) is 3.30. The van der Waals surface area contributed by atoms with Gasteiger partial charge in [-0.3, -0.25) is 4.90 Å². The summed E-state index contributed by atoms with van der Waals surface area (Å²) in [4.78, 5) is 2.42. The molecule has 1 saturated heterocycles. The summed E-state index contributed by atoms with van der Waals surface area (Å²) in [7, 11) is 0. The molecule has 1 fully saturated rings. The number of rotatable bonds is 5. The van der Waals surface area contributed by atoms with Crippen molar-refractivity contribution >= 4 is 11.6 Å². The second-order valence-corrected chi connectivity index (χ2v) is 5.69. The van der Waals surface area contributed by atoms with E-state index in [9.17, 15) is 4.39 Å². The molecule has 1 N–H and O–H groups in total. The summed E-state index contributed by atoms with van der Waals surface area (Å²) < 4.78 is 13.0. The van der Waals surface area contributed by atoms with Crippen LogP contribution < -0.4 is 5.32 Å². The van der Waals surface area contributed by atoms with Crippen molar-refractivity contribution in [2.24, 2.45) is 5.92 Å². The zero-order valence-corrected chi connectivity index (χ0v) is 12.2. The minimum Gasteiger partial charge on any atom is -0.317 e. The molecule has 19 heavy (non-hydrogen) atoms. The normalized spacial score (nSPS) is 20.7. The van der Waals surface area contributed by atoms with Crippen molar-refractivity contribution in [2.45, 2.75) is 26.3 Å². The van der Waals surface area contributed by atoms with Crippen LogP contribution in [-0.2, 0) is 6.54 Å². The van der Waals surface area contributed by atoms with Crippen molar-refractivity contribution in [3.05, 3.63) is 34.6 Å². The molecular formula is C15H22ClFN2. The van der Waals surface area contributed by atoms with Crippen LogP contribution in [-0.4, -0.2) is 31.1 Å². The molecule has 106 valence electrons. The molecule has 2 nitrogen and oxygen atoms in total. The van der Waals surface area contributed by atoms with E-state index in [1.165, 1.54) is 25.0 Å². The molecule has 2 rings (SSSR count). The van der Waals surface area contributed by atoms with Crippen molar-refractivity contribution < 1.29 is 4.39 Å². The number of piperidine rings is 1. The van der Waals surface area contributed by atoms with Crippen LogP contribution in [0.3, 0.4) is 0 Å². The van der Waals surface area contributed by atoms with Crippen molar-refractivity contribution in [3.63, 3.8) is 0 Å². The predicted molar refractivity (Wildman–Crippen MR) is 78.0 cm³/mol. The minimum atomic E-state index is -0.266. The van der Waals surface area contributed by atoms with Gasteiger partial charge < -0.3 is 5.32 Å². The molecule has 1 aromatic carbocycles. The molecule has 0 radical (unpaired) electrons. The Morgan fingerprint density at radius 2 is 2.32 bits per heavy atom. The molecule has 1 aliphatic rings. The SMILES string of the molecule is CCNCC1CCCN(Cc2ccc(F)cc2Cl)C1. The third kappa shape index (κ3) is 4.44. The summed E-state index contributed by atoms with van der Waals surface area (Å²) in [5, 5.41) is 3.95. The molecule has 0 spiro atoms. The fourth-order valence-corrected chi connectivity index (χ4v) is 2.93. The van der Waals surface area contributed by atoms with E-state index >= 15 is 0 Å². The van der Waals surface area contributed by atoms with Gasteiger partial charge in [0.25, 0.3) is 0 Å². The number of hydrogen-bond donors (Lipinski definition) is 1. The summed E-state index contributed by atoms with van der Waals surface area (Å²) in [5.41, 5.74) is 1.02. The van der Waals surface area contributed by atoms with E-state index < -0.39 is 0 Å². The molecule has 0 aliphatic carbocycles. The van der Waals surface area contributed by atoms with Gasteiger partial charge in [-0.1, -0.05) is 24.6 Å². The lowest BCUT2D eigenvalue weighted by atomic mass is 9.97. The van der Waals surface area contributed by atoms with E-state index in [4.69, 9.17) is 11.6 Å². The Balaban J connectivity index is 1.91. The zero-order valence-electron chi connectivity index (χ0n) is 11.5. The number of benzene rings is 1. The van der Waals surface area contributed by atoms with Gasteiger partial charge in [0.2, 0.25) is 0 Å². The van der Waals surface area contributed by atoms with Gasteiger partial charge >= 0.3 is 0 Å². The maximum Gasteiger partial charge on any atom is 0.124 e. The highest BCUT2D eigenvalue weighted by Crippen LogP contribution is 2.22. The molecule has 1 atom stereocenters. The number of hydrogen-bond acceptors (Lipinski definition) is 2. The number of halogens is 2. The Bertz CT molecular complexity index is 411. The van der Waals surface area contributed by atoms with Gasteiger partial charge in [-0.2, -0.15) is 0 Å². The van der Waals surface area contributed by atoms with Gasteiger partial charge in [0.15, 0.2) is 0 Å². The van der Waals surface area contributed by atoms with Crippen LogP contribution in [0.1, 0.15) is 25.3 Å². The summed E-state index contributed by atoms with van der Waals surface area (Å²) in [6.45, 7) is 7.28. The Morgan fingerprint density at radius 3 is 3.05 bits per heavy atom. The van der Waals surface area contributed by atoms with Gasteiger partial charge in [0.05, 0.1) is 0 Å². The first-order valence-corrected chi connectivity index (χ1v) is 7.44. The number of nitrogens with zero attached hydrogens (tertiary/aromatic N) is 1. The topological polar surface area (TPSA) is 15.3 Å². The molecule has 0 saturated carbocycles. The third-order valence-electron chi connectivity index (χ3n) is 3.70. The fourth-order valence-electron chi connectivity index (χ4n) is 2.70. The van der Waals surface area contributed by atoms with Crippen molar-refractivity contribution in [3.8, 4) is 0 Å². The average molecular weight is 285 g/mol. The quantitative estimate of drug-likeness (QED) is 0.892. The highest BCUT2D eigenvalue weighted by molar-refractivity contribution is 6.31. The van der Waals surface area contributed by atoms with Crippen LogP contribution in [0, 0.1) is 11.7 Å². The Kier molecular flexibility index (Phi) is 5.61. The maximum atomic E-state index is 13.0. The van der Waals surface area contributed by atoms with E-state index in [1.807, 2.05) is 0 Å². The smallest absolute Gasteiger partial charge is 0.124 e. The van der Waals surface area contributed by atoms with E-state index in [-0.39, 0.29) is 5.82 Å². The summed E-state index contributed by atoms with van der Waals surface area (Å²) >= 11 is 6.09.